The van der Waals surface area contributed by atoms with Crippen LogP contribution < -0.4 is 21.3 Å². The first-order valence-corrected chi connectivity index (χ1v) is 17.2. The lowest BCUT2D eigenvalue weighted by Gasteiger charge is -2.16. The summed E-state index contributed by atoms with van der Waals surface area (Å²) in [5.41, 5.74) is 1.76. The van der Waals surface area contributed by atoms with Crippen LogP contribution in [-0.4, -0.2) is 121 Å². The summed E-state index contributed by atoms with van der Waals surface area (Å²) in [6.07, 6.45) is 3.57. The highest BCUT2D eigenvalue weighted by atomic mass is 32.2. The number of nitrogens with zero attached hydrogens (tertiary/aromatic N) is 4. The molecule has 16 heteroatoms. The minimum Gasteiger partial charge on any atom is -0.379 e. The van der Waals surface area contributed by atoms with Gasteiger partial charge in [-0.25, -0.2) is 4.79 Å². The van der Waals surface area contributed by atoms with Gasteiger partial charge in [0.1, 0.15) is 0 Å². The second-order valence-corrected chi connectivity index (χ2v) is 12.4. The number of hydrogen-bond acceptors (Lipinski definition) is 12. The zero-order chi connectivity index (χ0) is 33.1. The van der Waals surface area contributed by atoms with Crippen molar-refractivity contribution in [1.29, 1.82) is 0 Å². The molecular formula is C31H46N8O7S. The van der Waals surface area contributed by atoms with Crippen LogP contribution in [0.1, 0.15) is 43.5 Å². The van der Waals surface area contributed by atoms with Crippen LogP contribution in [0.2, 0.25) is 0 Å². The van der Waals surface area contributed by atoms with Gasteiger partial charge < -0.3 is 40.2 Å². The minimum atomic E-state index is -0.0912. The molecule has 4 rings (SSSR count). The van der Waals surface area contributed by atoms with Gasteiger partial charge in [-0.15, -0.1) is 20.4 Å². The summed E-state index contributed by atoms with van der Waals surface area (Å²) in [6, 6.07) is 7.94. The molecule has 258 valence electrons. The van der Waals surface area contributed by atoms with Crippen molar-refractivity contribution >= 4 is 29.6 Å². The number of carbonyl (C=O) groups excluding carboxylic acids is 3. The summed E-state index contributed by atoms with van der Waals surface area (Å²) in [4.78, 5) is 35.6. The number of unbranched alkanes of at least 4 members (excludes halogenated alkanes) is 1. The van der Waals surface area contributed by atoms with Gasteiger partial charge in [0.15, 0.2) is 5.82 Å². The van der Waals surface area contributed by atoms with Gasteiger partial charge in [0.25, 0.3) is 0 Å². The van der Waals surface area contributed by atoms with Crippen LogP contribution in [0.15, 0.2) is 24.3 Å². The minimum absolute atomic E-state index is 0.0337. The molecule has 3 atom stereocenters. The average molecular weight is 675 g/mol. The lowest BCUT2D eigenvalue weighted by molar-refractivity contribution is -0.122. The number of rotatable bonds is 23. The van der Waals surface area contributed by atoms with E-state index in [0.29, 0.717) is 89.3 Å². The third kappa shape index (κ3) is 13.7. The highest BCUT2D eigenvalue weighted by Crippen LogP contribution is 2.33. The van der Waals surface area contributed by atoms with Gasteiger partial charge in [-0.1, -0.05) is 30.7 Å². The number of ether oxygens (including phenoxy) is 4. The summed E-state index contributed by atoms with van der Waals surface area (Å²) in [7, 11) is 0. The van der Waals surface area contributed by atoms with Crippen molar-refractivity contribution in [1.82, 2.24) is 41.7 Å². The van der Waals surface area contributed by atoms with Crippen molar-refractivity contribution in [2.45, 2.75) is 62.9 Å². The zero-order valence-electron chi connectivity index (χ0n) is 26.9. The first kappa shape index (κ1) is 36.4. The zero-order valence-corrected chi connectivity index (χ0v) is 27.7. The Morgan fingerprint density at radius 3 is 2.15 bits per heavy atom. The van der Waals surface area contributed by atoms with Crippen molar-refractivity contribution in [3.05, 3.63) is 35.7 Å². The van der Waals surface area contributed by atoms with E-state index in [1.54, 1.807) is 6.92 Å². The van der Waals surface area contributed by atoms with Gasteiger partial charge in [0.2, 0.25) is 17.6 Å². The van der Waals surface area contributed by atoms with Crippen LogP contribution in [0.25, 0.3) is 11.4 Å². The Balaban J connectivity index is 0.859. The molecule has 47 heavy (non-hydrogen) atoms. The van der Waals surface area contributed by atoms with Gasteiger partial charge in [-0.3, -0.25) is 9.59 Å². The van der Waals surface area contributed by atoms with Crippen LogP contribution in [0, 0.1) is 6.92 Å². The molecule has 1 aromatic heterocycles. The molecule has 0 radical (unpaired) electrons. The molecule has 2 fully saturated rings. The fourth-order valence-corrected chi connectivity index (χ4v) is 6.55. The van der Waals surface area contributed by atoms with E-state index in [2.05, 4.69) is 41.7 Å². The molecule has 2 aliphatic rings. The van der Waals surface area contributed by atoms with Crippen molar-refractivity contribution < 1.29 is 33.3 Å². The number of thioether (sulfide) groups is 1. The van der Waals surface area contributed by atoms with Crippen molar-refractivity contribution in [2.24, 2.45) is 0 Å². The SMILES string of the molecule is Cc1nnc(-c2ccc(CNC(=O)CCOCCOCCOCCOCCNC(=O)CCCC[C@@H]3SC[C@@H]4NC(=O)N[C@@H]43)cc2)nn1. The Morgan fingerprint density at radius 1 is 0.809 bits per heavy atom. The number of fused-ring (bicyclic) bond motifs is 1. The van der Waals surface area contributed by atoms with E-state index in [-0.39, 0.29) is 36.3 Å². The predicted molar refractivity (Wildman–Crippen MR) is 175 cm³/mol. The molecule has 1 aromatic carbocycles. The van der Waals surface area contributed by atoms with Crippen molar-refractivity contribution in [3.63, 3.8) is 0 Å². The number of benzene rings is 1. The number of hydrogen-bond donors (Lipinski definition) is 4. The predicted octanol–water partition coefficient (Wildman–Crippen LogP) is 1.16. The highest BCUT2D eigenvalue weighted by molar-refractivity contribution is 8.00. The largest absolute Gasteiger partial charge is 0.379 e. The molecule has 4 N–H and O–H groups in total. The fourth-order valence-electron chi connectivity index (χ4n) is 5.01. The number of aryl methyl sites for hydroxylation is 1. The first-order valence-electron chi connectivity index (χ1n) is 16.1. The Morgan fingerprint density at radius 2 is 1.45 bits per heavy atom. The summed E-state index contributed by atoms with van der Waals surface area (Å²) >= 11 is 1.90. The average Bonchev–Trinajstić information content (AvgIpc) is 3.63. The van der Waals surface area contributed by atoms with Crippen LogP contribution in [0.5, 0.6) is 0 Å². The van der Waals surface area contributed by atoms with Gasteiger partial charge in [-0.2, -0.15) is 11.8 Å². The summed E-state index contributed by atoms with van der Waals surface area (Å²) in [5.74, 6) is 1.87. The molecule has 4 amide bonds. The number of carbonyl (C=O) groups is 3. The Labute approximate surface area is 279 Å². The number of amides is 4. The smallest absolute Gasteiger partial charge is 0.315 e. The second kappa shape index (κ2) is 20.7. The Hall–Kier alpha value is -3.44. The molecule has 0 saturated carbocycles. The van der Waals surface area contributed by atoms with E-state index < -0.39 is 0 Å². The number of nitrogens with one attached hydrogen (secondary N) is 4. The van der Waals surface area contributed by atoms with Crippen molar-refractivity contribution in [2.75, 3.05) is 65.2 Å². The van der Waals surface area contributed by atoms with Crippen LogP contribution in [-0.2, 0) is 35.1 Å². The topological polar surface area (TPSA) is 188 Å². The number of urea groups is 1. The summed E-state index contributed by atoms with van der Waals surface area (Å²) in [6.45, 7) is 5.94. The fraction of sp³-hybridized carbons (Fsp3) is 0.645. The van der Waals surface area contributed by atoms with E-state index in [0.717, 1.165) is 36.1 Å². The third-order valence-corrected chi connectivity index (χ3v) is 9.03. The molecule has 3 heterocycles. The maximum atomic E-state index is 12.1. The van der Waals surface area contributed by atoms with Crippen LogP contribution in [0.3, 0.4) is 0 Å². The van der Waals surface area contributed by atoms with Gasteiger partial charge >= 0.3 is 6.03 Å². The molecule has 0 spiro atoms. The monoisotopic (exact) mass is 674 g/mol. The molecule has 2 aliphatic heterocycles. The first-order chi connectivity index (χ1) is 23.0. The van der Waals surface area contributed by atoms with Crippen molar-refractivity contribution in [3.8, 4) is 11.4 Å². The number of aromatic nitrogens is 4. The van der Waals surface area contributed by atoms with Crippen LogP contribution in [0.4, 0.5) is 4.79 Å². The quantitative estimate of drug-likeness (QED) is 0.0975. The van der Waals surface area contributed by atoms with E-state index in [1.165, 1.54) is 0 Å². The highest BCUT2D eigenvalue weighted by Gasteiger charge is 2.42. The maximum absolute atomic E-state index is 12.1. The lowest BCUT2D eigenvalue weighted by atomic mass is 10.0. The van der Waals surface area contributed by atoms with Gasteiger partial charge in [-0.05, 0) is 25.3 Å². The molecule has 0 unspecified atom stereocenters. The van der Waals surface area contributed by atoms with Crippen LogP contribution >= 0.6 is 11.8 Å². The second-order valence-electron chi connectivity index (χ2n) is 11.2. The molecule has 2 aromatic rings. The molecular weight excluding hydrogens is 628 g/mol. The van der Waals surface area contributed by atoms with Gasteiger partial charge in [0.05, 0.1) is 64.9 Å². The van der Waals surface area contributed by atoms with E-state index in [9.17, 15) is 14.4 Å². The normalized spacial score (nSPS) is 18.4. The van der Waals surface area contributed by atoms with E-state index in [4.69, 9.17) is 18.9 Å². The Bertz CT molecular complexity index is 1240. The summed E-state index contributed by atoms with van der Waals surface area (Å²) in [5, 5.41) is 28.0. The molecule has 0 bridgehead atoms. The third-order valence-electron chi connectivity index (χ3n) is 7.52. The summed E-state index contributed by atoms with van der Waals surface area (Å²) < 4.78 is 21.9. The molecule has 0 aliphatic carbocycles. The maximum Gasteiger partial charge on any atom is 0.315 e. The standard InChI is InChI=1S/C31H46N8O7S/c1-22-36-38-30(39-37-22)24-8-6-23(7-9-24)20-33-28(41)10-12-43-14-16-45-18-19-46-17-15-44-13-11-32-27(40)5-3-2-4-26-29-25(21-47-26)34-31(42)35-29/h6-9,25-26,29H,2-5,10-21H2,1H3,(H,32,40)(H,33,41)(H2,34,35,42)/t25-,26-,29-/m0/s1. The molecule has 2 saturated heterocycles. The molecule has 15 nitrogen and oxygen atoms in total. The Kier molecular flexibility index (Phi) is 16.0. The van der Waals surface area contributed by atoms with Gasteiger partial charge in [0, 0.05) is 42.5 Å². The van der Waals surface area contributed by atoms with E-state index in [1.807, 2.05) is 36.0 Å². The van der Waals surface area contributed by atoms with E-state index >= 15 is 0 Å². The lowest BCUT2D eigenvalue weighted by Crippen LogP contribution is -2.36.